The lowest BCUT2D eigenvalue weighted by Gasteiger charge is -2.19. The summed E-state index contributed by atoms with van der Waals surface area (Å²) in [5.41, 5.74) is 4.32. The number of pyridine rings is 2. The van der Waals surface area contributed by atoms with Gasteiger partial charge in [-0.3, -0.25) is 9.78 Å². The van der Waals surface area contributed by atoms with Gasteiger partial charge < -0.3 is 14.8 Å². The van der Waals surface area contributed by atoms with Crippen molar-refractivity contribution in [1.82, 2.24) is 19.9 Å². The van der Waals surface area contributed by atoms with E-state index in [1.54, 1.807) is 38.4 Å². The number of aromatic amines is 1. The molecule has 3 heterocycles. The zero-order valence-electron chi connectivity index (χ0n) is 17.9. The van der Waals surface area contributed by atoms with Crippen LogP contribution in [-0.2, 0) is 4.79 Å². The van der Waals surface area contributed by atoms with Gasteiger partial charge in [0.2, 0.25) is 5.88 Å². The largest absolute Gasteiger partial charge is 0.481 e. The maximum atomic E-state index is 11.2. The number of aromatic nitrogens is 4. The van der Waals surface area contributed by atoms with E-state index in [9.17, 15) is 9.90 Å². The molecule has 0 aliphatic carbocycles. The van der Waals surface area contributed by atoms with Crippen molar-refractivity contribution in [2.75, 3.05) is 6.61 Å². The average molecular weight is 427 g/mol. The summed E-state index contributed by atoms with van der Waals surface area (Å²) in [5, 5.41) is 18.3. The molecule has 2 N–H and O–H groups in total. The van der Waals surface area contributed by atoms with E-state index < -0.39 is 11.4 Å². The lowest BCUT2D eigenvalue weighted by molar-refractivity contribution is -0.148. The molecule has 0 unspecified atom stereocenters. The van der Waals surface area contributed by atoms with E-state index in [-0.39, 0.29) is 6.61 Å². The summed E-state index contributed by atoms with van der Waals surface area (Å²) in [6.45, 7) is 5.09. The van der Waals surface area contributed by atoms with Gasteiger partial charge in [-0.15, -0.1) is 0 Å². The number of aliphatic carboxylic acids is 1. The van der Waals surface area contributed by atoms with E-state index in [0.29, 0.717) is 17.3 Å². The van der Waals surface area contributed by atoms with Gasteiger partial charge in [0.25, 0.3) is 0 Å². The molecule has 8 heteroatoms. The van der Waals surface area contributed by atoms with Crippen LogP contribution in [0.2, 0.25) is 0 Å². The van der Waals surface area contributed by atoms with Crippen LogP contribution in [0, 0.1) is 23.7 Å². The van der Waals surface area contributed by atoms with E-state index in [2.05, 4.69) is 26.0 Å². The third-order valence-electron chi connectivity index (χ3n) is 5.12. The number of hydrogen-bond donors (Lipinski definition) is 2. The Hall–Kier alpha value is -4.25. The van der Waals surface area contributed by atoms with Gasteiger partial charge in [0, 0.05) is 29.1 Å². The number of nitriles is 1. The second kappa shape index (κ2) is 8.12. The van der Waals surface area contributed by atoms with Crippen molar-refractivity contribution in [1.29, 1.82) is 5.26 Å². The average Bonchev–Trinajstić information content (AvgIpc) is 3.21. The van der Waals surface area contributed by atoms with Crippen molar-refractivity contribution in [3.8, 4) is 34.6 Å². The van der Waals surface area contributed by atoms with E-state index >= 15 is 0 Å². The summed E-state index contributed by atoms with van der Waals surface area (Å²) in [4.78, 5) is 27.9. The van der Waals surface area contributed by atoms with Crippen molar-refractivity contribution < 1.29 is 14.6 Å². The number of hydrogen-bond acceptors (Lipinski definition) is 6. The first-order valence-corrected chi connectivity index (χ1v) is 9.96. The summed E-state index contributed by atoms with van der Waals surface area (Å²) in [7, 11) is 0. The van der Waals surface area contributed by atoms with Gasteiger partial charge in [0.15, 0.2) is 0 Å². The molecule has 4 aromatic rings. The molecule has 0 atom stereocenters. The van der Waals surface area contributed by atoms with Crippen molar-refractivity contribution >= 4 is 17.0 Å². The number of aryl methyl sites for hydroxylation is 1. The molecule has 0 bridgehead atoms. The first-order valence-electron chi connectivity index (χ1n) is 9.96. The highest BCUT2D eigenvalue weighted by molar-refractivity contribution is 5.80. The quantitative estimate of drug-likeness (QED) is 0.468. The summed E-state index contributed by atoms with van der Waals surface area (Å²) in [5.74, 6) is 0.151. The summed E-state index contributed by atoms with van der Waals surface area (Å²) < 4.78 is 5.63. The molecule has 0 saturated carbocycles. The SMILES string of the molecule is Cc1cc(-c2ccc(-c3nc4ccc(C#N)cc4[nH]3)cn2)cnc1OCC(C)(C)C(=O)O. The van der Waals surface area contributed by atoms with Crippen LogP contribution in [0.3, 0.4) is 0 Å². The number of ether oxygens (including phenoxy) is 1. The molecule has 0 saturated heterocycles. The molecule has 3 aromatic heterocycles. The van der Waals surface area contributed by atoms with Gasteiger partial charge in [0.1, 0.15) is 12.4 Å². The Morgan fingerprint density at radius 2 is 1.94 bits per heavy atom. The fraction of sp³-hybridized carbons (Fsp3) is 0.208. The van der Waals surface area contributed by atoms with Gasteiger partial charge in [-0.2, -0.15) is 5.26 Å². The van der Waals surface area contributed by atoms with Gasteiger partial charge in [-0.25, -0.2) is 9.97 Å². The first kappa shape index (κ1) is 21.0. The number of carboxylic acid groups (broad SMARTS) is 1. The Bertz CT molecular complexity index is 1350. The predicted octanol–water partition coefficient (Wildman–Crippen LogP) is 4.36. The zero-order valence-corrected chi connectivity index (χ0v) is 17.9. The monoisotopic (exact) mass is 427 g/mol. The smallest absolute Gasteiger partial charge is 0.312 e. The number of carboxylic acids is 1. The van der Waals surface area contributed by atoms with Crippen LogP contribution >= 0.6 is 0 Å². The van der Waals surface area contributed by atoms with E-state index in [1.807, 2.05) is 31.2 Å². The minimum Gasteiger partial charge on any atom is -0.481 e. The fourth-order valence-electron chi connectivity index (χ4n) is 3.08. The molecule has 8 nitrogen and oxygen atoms in total. The van der Waals surface area contributed by atoms with Crippen molar-refractivity contribution in [3.63, 3.8) is 0 Å². The van der Waals surface area contributed by atoms with E-state index in [4.69, 9.17) is 10.00 Å². The van der Waals surface area contributed by atoms with Crippen LogP contribution in [0.15, 0.2) is 48.8 Å². The number of fused-ring (bicyclic) bond motifs is 1. The Kier molecular flexibility index (Phi) is 5.33. The van der Waals surface area contributed by atoms with Gasteiger partial charge in [-0.1, -0.05) is 0 Å². The van der Waals surface area contributed by atoms with Crippen LogP contribution < -0.4 is 4.74 Å². The topological polar surface area (TPSA) is 125 Å². The van der Waals surface area contributed by atoms with Gasteiger partial charge >= 0.3 is 5.97 Å². The van der Waals surface area contributed by atoms with Crippen molar-refractivity contribution in [2.24, 2.45) is 5.41 Å². The maximum absolute atomic E-state index is 11.2. The Balaban J connectivity index is 1.53. The summed E-state index contributed by atoms with van der Waals surface area (Å²) in [6, 6.07) is 13.1. The minimum absolute atomic E-state index is 0.0236. The number of benzene rings is 1. The second-order valence-corrected chi connectivity index (χ2v) is 8.19. The predicted molar refractivity (Wildman–Crippen MR) is 119 cm³/mol. The van der Waals surface area contributed by atoms with Crippen LogP contribution in [0.5, 0.6) is 5.88 Å². The molecule has 32 heavy (non-hydrogen) atoms. The third-order valence-corrected chi connectivity index (χ3v) is 5.12. The van der Waals surface area contributed by atoms with Crippen molar-refractivity contribution in [3.05, 3.63) is 59.9 Å². The molecule has 4 rings (SSSR count). The molecule has 1 aromatic carbocycles. The molecule has 0 fully saturated rings. The molecule has 0 aliphatic rings. The van der Waals surface area contributed by atoms with Crippen LogP contribution in [0.1, 0.15) is 25.0 Å². The molecule has 0 radical (unpaired) electrons. The Morgan fingerprint density at radius 1 is 1.16 bits per heavy atom. The molecule has 0 amide bonds. The minimum atomic E-state index is -1.00. The fourth-order valence-corrected chi connectivity index (χ4v) is 3.08. The lowest BCUT2D eigenvalue weighted by atomic mass is 9.95. The molecular weight excluding hydrogens is 406 g/mol. The summed E-state index contributed by atoms with van der Waals surface area (Å²) >= 11 is 0. The van der Waals surface area contributed by atoms with Crippen LogP contribution in [0.25, 0.3) is 33.7 Å². The number of rotatable bonds is 6. The Morgan fingerprint density at radius 3 is 2.59 bits per heavy atom. The zero-order chi connectivity index (χ0) is 22.9. The lowest BCUT2D eigenvalue weighted by Crippen LogP contribution is -2.31. The first-order chi connectivity index (χ1) is 15.3. The molecular formula is C24H21N5O3. The number of nitrogens with one attached hydrogen (secondary N) is 1. The highest BCUT2D eigenvalue weighted by Gasteiger charge is 2.28. The van der Waals surface area contributed by atoms with Crippen molar-refractivity contribution in [2.45, 2.75) is 20.8 Å². The van der Waals surface area contributed by atoms with Gasteiger partial charge in [-0.05, 0) is 57.2 Å². The maximum Gasteiger partial charge on any atom is 0.312 e. The Labute approximate surface area is 184 Å². The molecule has 0 aliphatic heterocycles. The molecule has 0 spiro atoms. The summed E-state index contributed by atoms with van der Waals surface area (Å²) in [6.07, 6.45) is 3.39. The number of imidazole rings is 1. The second-order valence-electron chi connectivity index (χ2n) is 8.19. The number of nitrogens with zero attached hydrogens (tertiary/aromatic N) is 4. The normalized spacial score (nSPS) is 11.3. The van der Waals surface area contributed by atoms with Crippen LogP contribution in [0.4, 0.5) is 0 Å². The highest BCUT2D eigenvalue weighted by atomic mass is 16.5. The molecule has 160 valence electrons. The van der Waals surface area contributed by atoms with E-state index in [0.717, 1.165) is 33.4 Å². The van der Waals surface area contributed by atoms with Crippen LogP contribution in [-0.4, -0.2) is 37.6 Å². The third kappa shape index (κ3) is 4.14. The van der Waals surface area contributed by atoms with Gasteiger partial charge in [0.05, 0.1) is 33.8 Å². The number of H-pyrrole nitrogens is 1. The standard InChI is InChI=1S/C24H21N5O3/c1-14-8-17(12-27-22(14)32-13-24(2,3)23(30)31)18-7-5-16(11-26-18)21-28-19-6-4-15(10-25)9-20(19)29-21/h4-9,11-12H,13H2,1-3H3,(H,28,29)(H,30,31). The number of carbonyl (C=O) groups is 1. The highest BCUT2D eigenvalue weighted by Crippen LogP contribution is 2.26. The van der Waals surface area contributed by atoms with E-state index in [1.165, 1.54) is 0 Å².